The maximum atomic E-state index is 12.4. The number of likely N-dealkylation sites (tertiary alicyclic amines) is 1. The Morgan fingerprint density at radius 3 is 2.86 bits per heavy atom. The van der Waals surface area contributed by atoms with Gasteiger partial charge in [-0.15, -0.1) is 0 Å². The second-order valence-electron chi connectivity index (χ2n) is 6.70. The van der Waals surface area contributed by atoms with Crippen molar-refractivity contribution in [1.82, 2.24) is 10.2 Å². The molecule has 2 aromatic carbocycles. The number of nitrogens with zero attached hydrogens (tertiary/aromatic N) is 2. The summed E-state index contributed by atoms with van der Waals surface area (Å²) < 4.78 is 0. The zero-order valence-electron chi connectivity index (χ0n) is 15.7. The van der Waals surface area contributed by atoms with Gasteiger partial charge in [0.25, 0.3) is 5.91 Å². The molecule has 1 aliphatic rings. The number of carbonyl (C=O) groups is 2. The standard InChI is InChI=1S/C22H23N3O2S/c23-14-19-6-1-2-7-20(19)16-28-12-10-24-22(27)18-8-3-5-17(13-18)15-25-11-4-9-21(25)26/h1-3,5-8,13H,4,9-12,15-16H2,(H,24,27). The van der Waals surface area contributed by atoms with Crippen LogP contribution in [0.3, 0.4) is 0 Å². The van der Waals surface area contributed by atoms with Gasteiger partial charge < -0.3 is 10.2 Å². The average molecular weight is 394 g/mol. The normalized spacial score (nSPS) is 13.4. The van der Waals surface area contributed by atoms with Gasteiger partial charge in [0, 0.05) is 43.1 Å². The van der Waals surface area contributed by atoms with E-state index < -0.39 is 0 Å². The lowest BCUT2D eigenvalue weighted by Crippen LogP contribution is -2.26. The summed E-state index contributed by atoms with van der Waals surface area (Å²) >= 11 is 1.69. The Balaban J connectivity index is 1.44. The lowest BCUT2D eigenvalue weighted by Gasteiger charge is -2.16. The number of amides is 2. The van der Waals surface area contributed by atoms with Crippen LogP contribution in [0.1, 0.15) is 39.9 Å². The lowest BCUT2D eigenvalue weighted by molar-refractivity contribution is -0.128. The minimum Gasteiger partial charge on any atom is -0.351 e. The molecule has 0 atom stereocenters. The number of benzene rings is 2. The van der Waals surface area contributed by atoms with E-state index in [0.29, 0.717) is 30.6 Å². The van der Waals surface area contributed by atoms with E-state index in [1.807, 2.05) is 47.4 Å². The Morgan fingerprint density at radius 2 is 2.07 bits per heavy atom. The highest BCUT2D eigenvalue weighted by Gasteiger charge is 2.20. The molecule has 0 aliphatic carbocycles. The van der Waals surface area contributed by atoms with Crippen LogP contribution < -0.4 is 5.32 Å². The van der Waals surface area contributed by atoms with Crippen molar-refractivity contribution < 1.29 is 9.59 Å². The first-order valence-corrected chi connectivity index (χ1v) is 10.5. The topological polar surface area (TPSA) is 73.2 Å². The van der Waals surface area contributed by atoms with Crippen molar-refractivity contribution in [2.75, 3.05) is 18.8 Å². The van der Waals surface area contributed by atoms with Crippen LogP contribution in [-0.2, 0) is 17.1 Å². The van der Waals surface area contributed by atoms with E-state index in [1.54, 1.807) is 17.8 Å². The molecule has 2 aromatic rings. The van der Waals surface area contributed by atoms with Crippen molar-refractivity contribution >= 4 is 23.6 Å². The number of hydrogen-bond donors (Lipinski definition) is 1. The van der Waals surface area contributed by atoms with E-state index in [0.717, 1.165) is 35.6 Å². The van der Waals surface area contributed by atoms with Gasteiger partial charge in [-0.2, -0.15) is 17.0 Å². The number of carbonyl (C=O) groups excluding carboxylic acids is 2. The molecular formula is C22H23N3O2S. The minimum atomic E-state index is -0.104. The number of hydrogen-bond acceptors (Lipinski definition) is 4. The smallest absolute Gasteiger partial charge is 0.251 e. The minimum absolute atomic E-state index is 0.104. The molecule has 5 nitrogen and oxygen atoms in total. The summed E-state index contributed by atoms with van der Waals surface area (Å²) in [5.41, 5.74) is 3.31. The largest absolute Gasteiger partial charge is 0.351 e. The molecule has 1 N–H and O–H groups in total. The van der Waals surface area contributed by atoms with E-state index in [9.17, 15) is 9.59 Å². The highest BCUT2D eigenvalue weighted by atomic mass is 32.2. The number of nitrogens with one attached hydrogen (secondary N) is 1. The zero-order valence-corrected chi connectivity index (χ0v) is 16.5. The first kappa shape index (κ1) is 20.0. The van der Waals surface area contributed by atoms with Crippen LogP contribution in [0.15, 0.2) is 48.5 Å². The van der Waals surface area contributed by atoms with Crippen LogP contribution in [0, 0.1) is 11.3 Å². The second-order valence-corrected chi connectivity index (χ2v) is 7.80. The van der Waals surface area contributed by atoms with E-state index in [1.165, 1.54) is 0 Å². The molecule has 144 valence electrons. The van der Waals surface area contributed by atoms with Gasteiger partial charge in [-0.3, -0.25) is 9.59 Å². The van der Waals surface area contributed by atoms with Gasteiger partial charge in [0.05, 0.1) is 11.6 Å². The molecule has 28 heavy (non-hydrogen) atoms. The van der Waals surface area contributed by atoms with Crippen LogP contribution in [0.5, 0.6) is 0 Å². The third kappa shape index (κ3) is 5.37. The van der Waals surface area contributed by atoms with Crippen LogP contribution in [0.25, 0.3) is 0 Å². The third-order valence-corrected chi connectivity index (χ3v) is 5.67. The van der Waals surface area contributed by atoms with Crippen LogP contribution in [-0.4, -0.2) is 35.6 Å². The van der Waals surface area contributed by atoms with Crippen LogP contribution >= 0.6 is 11.8 Å². The molecule has 6 heteroatoms. The summed E-state index contributed by atoms with van der Waals surface area (Å²) in [5.74, 6) is 1.60. The van der Waals surface area contributed by atoms with Gasteiger partial charge in [0.15, 0.2) is 0 Å². The van der Waals surface area contributed by atoms with Gasteiger partial charge in [0.1, 0.15) is 0 Å². The summed E-state index contributed by atoms with van der Waals surface area (Å²) in [5, 5.41) is 12.0. The van der Waals surface area contributed by atoms with Gasteiger partial charge >= 0.3 is 0 Å². The predicted molar refractivity (Wildman–Crippen MR) is 111 cm³/mol. The molecule has 1 aliphatic heterocycles. The predicted octanol–water partition coefficient (Wildman–Crippen LogP) is 3.34. The maximum absolute atomic E-state index is 12.4. The molecule has 0 radical (unpaired) electrons. The fourth-order valence-corrected chi connectivity index (χ4v) is 4.04. The highest BCUT2D eigenvalue weighted by Crippen LogP contribution is 2.16. The van der Waals surface area contributed by atoms with E-state index in [2.05, 4.69) is 11.4 Å². The monoisotopic (exact) mass is 393 g/mol. The lowest BCUT2D eigenvalue weighted by atomic mass is 10.1. The quantitative estimate of drug-likeness (QED) is 0.698. The maximum Gasteiger partial charge on any atom is 0.251 e. The fourth-order valence-electron chi connectivity index (χ4n) is 3.18. The summed E-state index contributed by atoms with van der Waals surface area (Å²) in [6, 6.07) is 17.2. The summed E-state index contributed by atoms with van der Waals surface area (Å²) in [4.78, 5) is 26.0. The molecule has 2 amide bonds. The summed E-state index contributed by atoms with van der Waals surface area (Å²) in [6.07, 6.45) is 1.53. The van der Waals surface area contributed by atoms with E-state index in [-0.39, 0.29) is 11.8 Å². The molecule has 3 rings (SSSR count). The zero-order chi connectivity index (χ0) is 19.8. The van der Waals surface area contributed by atoms with Crippen molar-refractivity contribution in [3.63, 3.8) is 0 Å². The summed E-state index contributed by atoms with van der Waals surface area (Å²) in [6.45, 7) is 1.92. The van der Waals surface area contributed by atoms with Gasteiger partial charge in [-0.05, 0) is 35.7 Å². The molecule has 0 spiro atoms. The first-order valence-electron chi connectivity index (χ1n) is 9.38. The molecular weight excluding hydrogens is 370 g/mol. The van der Waals surface area contributed by atoms with Gasteiger partial charge in [0.2, 0.25) is 5.91 Å². The van der Waals surface area contributed by atoms with E-state index >= 15 is 0 Å². The van der Waals surface area contributed by atoms with Crippen molar-refractivity contribution in [1.29, 1.82) is 5.26 Å². The van der Waals surface area contributed by atoms with Gasteiger partial charge in [-0.25, -0.2) is 0 Å². The van der Waals surface area contributed by atoms with E-state index in [4.69, 9.17) is 5.26 Å². The molecule has 0 saturated carbocycles. The fraction of sp³-hybridized carbons (Fsp3) is 0.318. The average Bonchev–Trinajstić information content (AvgIpc) is 3.12. The highest BCUT2D eigenvalue weighted by molar-refractivity contribution is 7.98. The Kier molecular flexibility index (Phi) is 7.10. The Labute approximate surface area is 169 Å². The van der Waals surface area contributed by atoms with Crippen LogP contribution in [0.4, 0.5) is 0 Å². The molecule has 0 unspecified atom stereocenters. The number of thioether (sulfide) groups is 1. The second kappa shape index (κ2) is 9.95. The summed E-state index contributed by atoms with van der Waals surface area (Å²) in [7, 11) is 0. The Morgan fingerprint density at radius 1 is 1.21 bits per heavy atom. The Hall–Kier alpha value is -2.78. The SMILES string of the molecule is N#Cc1ccccc1CSCCNC(=O)c1cccc(CN2CCCC2=O)c1. The number of nitriles is 1. The Bertz CT molecular complexity index is 891. The molecule has 1 heterocycles. The molecule has 0 aromatic heterocycles. The van der Waals surface area contributed by atoms with Crippen molar-refractivity contribution in [3.05, 3.63) is 70.8 Å². The van der Waals surface area contributed by atoms with Crippen LogP contribution in [0.2, 0.25) is 0 Å². The first-order chi connectivity index (χ1) is 13.7. The molecule has 0 bridgehead atoms. The molecule has 1 saturated heterocycles. The van der Waals surface area contributed by atoms with Crippen molar-refractivity contribution in [2.24, 2.45) is 0 Å². The molecule has 1 fully saturated rings. The van der Waals surface area contributed by atoms with Gasteiger partial charge in [-0.1, -0.05) is 30.3 Å². The third-order valence-electron chi connectivity index (χ3n) is 4.66. The van der Waals surface area contributed by atoms with Crippen molar-refractivity contribution in [2.45, 2.75) is 25.1 Å². The van der Waals surface area contributed by atoms with Crippen molar-refractivity contribution in [3.8, 4) is 6.07 Å². The number of rotatable bonds is 8.